The van der Waals surface area contributed by atoms with Crippen molar-refractivity contribution in [3.05, 3.63) is 46.6 Å². The predicted molar refractivity (Wildman–Crippen MR) is 84.7 cm³/mol. The fourth-order valence-corrected chi connectivity index (χ4v) is 4.09. The van der Waals surface area contributed by atoms with Crippen molar-refractivity contribution < 1.29 is 8.42 Å². The van der Waals surface area contributed by atoms with Gasteiger partial charge in [0.2, 0.25) is 10.0 Å². The van der Waals surface area contributed by atoms with Crippen LogP contribution in [-0.2, 0) is 23.1 Å². The van der Waals surface area contributed by atoms with E-state index in [1.165, 1.54) is 11.3 Å². The van der Waals surface area contributed by atoms with Crippen molar-refractivity contribution in [3.63, 3.8) is 0 Å². The second-order valence-corrected chi connectivity index (χ2v) is 7.80. The summed E-state index contributed by atoms with van der Waals surface area (Å²) in [7, 11) is -3.46. The molecule has 21 heavy (non-hydrogen) atoms. The number of thiophene rings is 1. The number of aromatic nitrogens is 1. The summed E-state index contributed by atoms with van der Waals surface area (Å²) in [6.45, 7) is 5.71. The first-order valence-electron chi connectivity index (χ1n) is 6.72. The van der Waals surface area contributed by atoms with Gasteiger partial charge < -0.3 is 5.32 Å². The monoisotopic (exact) mass is 325 g/mol. The van der Waals surface area contributed by atoms with E-state index in [2.05, 4.69) is 15.0 Å². The van der Waals surface area contributed by atoms with Gasteiger partial charge in [0.05, 0.1) is 0 Å². The molecule has 0 aliphatic carbocycles. The van der Waals surface area contributed by atoms with Crippen molar-refractivity contribution in [1.82, 2.24) is 15.0 Å². The van der Waals surface area contributed by atoms with Crippen LogP contribution in [0.5, 0.6) is 0 Å². The number of hydrogen-bond acceptors (Lipinski definition) is 5. The Morgan fingerprint density at radius 1 is 1.19 bits per heavy atom. The first-order chi connectivity index (χ1) is 10.0. The van der Waals surface area contributed by atoms with Crippen molar-refractivity contribution in [3.8, 4) is 0 Å². The minimum atomic E-state index is -3.46. The minimum Gasteiger partial charge on any atom is -0.312 e. The van der Waals surface area contributed by atoms with Gasteiger partial charge in [-0.25, -0.2) is 13.1 Å². The molecule has 0 aliphatic rings. The Bertz CT molecular complexity index is 678. The van der Waals surface area contributed by atoms with E-state index in [1.54, 1.807) is 12.3 Å². The van der Waals surface area contributed by atoms with Crippen LogP contribution in [0.4, 0.5) is 0 Å². The van der Waals surface area contributed by atoms with E-state index in [-0.39, 0.29) is 6.54 Å². The average molecular weight is 325 g/mol. The molecule has 0 aliphatic heterocycles. The third-order valence-electron chi connectivity index (χ3n) is 2.89. The van der Waals surface area contributed by atoms with Gasteiger partial charge in [-0.15, -0.1) is 11.3 Å². The van der Waals surface area contributed by atoms with E-state index >= 15 is 0 Å². The molecule has 2 rings (SSSR count). The number of hydrogen-bond donors (Lipinski definition) is 2. The van der Waals surface area contributed by atoms with Crippen molar-refractivity contribution in [2.24, 2.45) is 0 Å². The number of pyridine rings is 1. The Morgan fingerprint density at radius 2 is 2.00 bits per heavy atom. The average Bonchev–Trinajstić information content (AvgIpc) is 2.94. The van der Waals surface area contributed by atoms with Gasteiger partial charge in [-0.3, -0.25) is 4.98 Å². The van der Waals surface area contributed by atoms with E-state index < -0.39 is 10.0 Å². The quantitative estimate of drug-likeness (QED) is 0.817. The fraction of sp³-hybridized carbons (Fsp3) is 0.357. The highest BCUT2D eigenvalue weighted by molar-refractivity contribution is 7.91. The lowest BCUT2D eigenvalue weighted by atomic mass is 10.2. The molecule has 0 aromatic carbocycles. The highest BCUT2D eigenvalue weighted by Gasteiger charge is 2.16. The molecule has 0 saturated carbocycles. The standard InChI is InChI=1S/C14H19N3O2S2/c1-3-15-10-13-6-7-14(20-13)21(18,19)17-9-12-5-4-11(2)16-8-12/h4-8,15,17H,3,9-10H2,1-2H3. The minimum absolute atomic E-state index is 0.246. The maximum Gasteiger partial charge on any atom is 0.250 e. The van der Waals surface area contributed by atoms with Crippen LogP contribution in [0.1, 0.15) is 23.1 Å². The first kappa shape index (κ1) is 16.1. The molecule has 0 radical (unpaired) electrons. The van der Waals surface area contributed by atoms with Crippen LogP contribution < -0.4 is 10.0 Å². The molecule has 0 bridgehead atoms. The molecule has 0 fully saturated rings. The van der Waals surface area contributed by atoms with Crippen LogP contribution in [0.2, 0.25) is 0 Å². The SMILES string of the molecule is CCNCc1ccc(S(=O)(=O)NCc2ccc(C)nc2)s1. The van der Waals surface area contributed by atoms with Gasteiger partial charge in [-0.05, 0) is 37.2 Å². The van der Waals surface area contributed by atoms with Crippen LogP contribution in [-0.4, -0.2) is 19.9 Å². The second kappa shape index (κ2) is 7.13. The Morgan fingerprint density at radius 3 is 2.67 bits per heavy atom. The Labute approximate surface area is 129 Å². The Kier molecular flexibility index (Phi) is 5.46. The summed E-state index contributed by atoms with van der Waals surface area (Å²) in [5.41, 5.74) is 1.75. The molecule has 2 N–H and O–H groups in total. The van der Waals surface area contributed by atoms with Crippen LogP contribution >= 0.6 is 11.3 Å². The third-order valence-corrected chi connectivity index (χ3v) is 5.87. The summed E-state index contributed by atoms with van der Waals surface area (Å²) in [5, 5.41) is 3.18. The predicted octanol–water partition coefficient (Wildman–Crippen LogP) is 2.04. The van der Waals surface area contributed by atoms with E-state index in [0.717, 1.165) is 22.7 Å². The fourth-order valence-electron chi connectivity index (χ4n) is 1.70. The lowest BCUT2D eigenvalue weighted by Crippen LogP contribution is -2.22. The van der Waals surface area contributed by atoms with Gasteiger partial charge in [0.1, 0.15) is 4.21 Å². The summed E-state index contributed by atoms with van der Waals surface area (Å²) in [5.74, 6) is 0. The summed E-state index contributed by atoms with van der Waals surface area (Å²) in [4.78, 5) is 5.16. The molecule has 5 nitrogen and oxygen atoms in total. The van der Waals surface area contributed by atoms with Gasteiger partial charge in [0.15, 0.2) is 0 Å². The highest BCUT2D eigenvalue weighted by atomic mass is 32.2. The number of nitrogens with zero attached hydrogens (tertiary/aromatic N) is 1. The zero-order valence-corrected chi connectivity index (χ0v) is 13.7. The summed E-state index contributed by atoms with van der Waals surface area (Å²) in [6.07, 6.45) is 1.68. The molecule has 0 spiro atoms. The molecule has 2 heterocycles. The molecule has 7 heteroatoms. The number of rotatable bonds is 7. The molecular weight excluding hydrogens is 306 g/mol. The first-order valence-corrected chi connectivity index (χ1v) is 9.02. The molecule has 2 aromatic rings. The summed E-state index contributed by atoms with van der Waals surface area (Å²) >= 11 is 1.29. The Balaban J connectivity index is 2.00. The highest BCUT2D eigenvalue weighted by Crippen LogP contribution is 2.21. The lowest BCUT2D eigenvalue weighted by Gasteiger charge is -2.05. The maximum atomic E-state index is 12.2. The maximum absolute atomic E-state index is 12.2. The van der Waals surface area contributed by atoms with Crippen LogP contribution in [0.15, 0.2) is 34.7 Å². The molecule has 0 saturated heterocycles. The number of nitrogens with one attached hydrogen (secondary N) is 2. The molecule has 2 aromatic heterocycles. The molecule has 0 amide bonds. The Hall–Kier alpha value is -1.28. The van der Waals surface area contributed by atoms with E-state index in [4.69, 9.17) is 0 Å². The van der Waals surface area contributed by atoms with Crippen molar-refractivity contribution in [1.29, 1.82) is 0 Å². The zero-order chi connectivity index (χ0) is 15.3. The van der Waals surface area contributed by atoms with Gasteiger partial charge in [-0.2, -0.15) is 0 Å². The van der Waals surface area contributed by atoms with Crippen LogP contribution in [0.25, 0.3) is 0 Å². The molecule has 114 valence electrons. The van der Waals surface area contributed by atoms with Crippen molar-refractivity contribution >= 4 is 21.4 Å². The second-order valence-electron chi connectivity index (χ2n) is 4.63. The van der Waals surface area contributed by atoms with Gasteiger partial charge >= 0.3 is 0 Å². The van der Waals surface area contributed by atoms with E-state index in [0.29, 0.717) is 10.8 Å². The topological polar surface area (TPSA) is 71.1 Å². The van der Waals surface area contributed by atoms with E-state index in [9.17, 15) is 8.42 Å². The van der Waals surface area contributed by atoms with Crippen LogP contribution in [0, 0.1) is 6.92 Å². The summed E-state index contributed by atoms with van der Waals surface area (Å²) in [6, 6.07) is 7.22. The van der Waals surface area contributed by atoms with Gasteiger partial charge in [0.25, 0.3) is 0 Å². The summed E-state index contributed by atoms with van der Waals surface area (Å²) < 4.78 is 27.4. The molecular formula is C14H19N3O2S2. The normalized spacial score (nSPS) is 11.7. The smallest absolute Gasteiger partial charge is 0.250 e. The zero-order valence-electron chi connectivity index (χ0n) is 12.1. The van der Waals surface area contributed by atoms with Gasteiger partial charge in [-0.1, -0.05) is 13.0 Å². The van der Waals surface area contributed by atoms with Crippen LogP contribution in [0.3, 0.4) is 0 Å². The van der Waals surface area contributed by atoms with E-state index in [1.807, 2.05) is 32.0 Å². The van der Waals surface area contributed by atoms with Gasteiger partial charge in [0, 0.05) is 29.9 Å². The molecule has 0 unspecified atom stereocenters. The number of sulfonamides is 1. The number of aryl methyl sites for hydroxylation is 1. The molecule has 0 atom stereocenters. The van der Waals surface area contributed by atoms with Crippen molar-refractivity contribution in [2.45, 2.75) is 31.1 Å². The van der Waals surface area contributed by atoms with Crippen molar-refractivity contribution in [2.75, 3.05) is 6.54 Å². The largest absolute Gasteiger partial charge is 0.312 e. The lowest BCUT2D eigenvalue weighted by molar-refractivity contribution is 0.583. The third kappa shape index (κ3) is 4.60.